The van der Waals surface area contributed by atoms with Gasteiger partial charge in [0, 0.05) is 25.3 Å². The Balaban J connectivity index is 1.39. The molecule has 222 valence electrons. The van der Waals surface area contributed by atoms with Crippen molar-refractivity contribution < 1.29 is 33.7 Å². The van der Waals surface area contributed by atoms with Gasteiger partial charge in [-0.2, -0.15) is 0 Å². The number of esters is 2. The second-order valence-electron chi connectivity index (χ2n) is 12.3. The SMILES string of the molecule is CC[C@@H](C)C(=O)O[C@H]1C[C@H](OCC(=O)NCc2ccccc2)C[C@@H]2CC[C@H](C)[C@H](CCC3C[C@@H](O)CC(=O)O3)[C@H]21. The molecule has 9 atom stereocenters. The van der Waals surface area contributed by atoms with Crippen LogP contribution in [0.4, 0.5) is 0 Å². The topological polar surface area (TPSA) is 111 Å². The minimum Gasteiger partial charge on any atom is -0.462 e. The zero-order valence-electron chi connectivity index (χ0n) is 24.3. The predicted octanol–water partition coefficient (Wildman–Crippen LogP) is 4.56. The van der Waals surface area contributed by atoms with Crippen molar-refractivity contribution in [2.24, 2.45) is 29.6 Å². The van der Waals surface area contributed by atoms with Crippen molar-refractivity contribution in [2.45, 2.75) is 110 Å². The average Bonchev–Trinajstić information content (AvgIpc) is 2.94. The van der Waals surface area contributed by atoms with Gasteiger partial charge in [0.15, 0.2) is 0 Å². The van der Waals surface area contributed by atoms with E-state index in [9.17, 15) is 19.5 Å². The first-order chi connectivity index (χ1) is 19.2. The Morgan fingerprint density at radius 2 is 1.90 bits per heavy atom. The molecule has 0 radical (unpaired) electrons. The fourth-order valence-corrected chi connectivity index (χ4v) is 6.95. The van der Waals surface area contributed by atoms with E-state index in [-0.39, 0.29) is 61.0 Å². The van der Waals surface area contributed by atoms with Crippen LogP contribution in [-0.4, -0.2) is 54.0 Å². The Morgan fingerprint density at radius 3 is 2.62 bits per heavy atom. The minimum atomic E-state index is -0.635. The summed E-state index contributed by atoms with van der Waals surface area (Å²) < 4.78 is 17.9. The Hall–Kier alpha value is -2.45. The molecule has 3 aliphatic rings. The molecule has 1 unspecified atom stereocenters. The van der Waals surface area contributed by atoms with Gasteiger partial charge in [-0.05, 0) is 55.4 Å². The normalized spacial score (nSPS) is 32.9. The summed E-state index contributed by atoms with van der Waals surface area (Å²) >= 11 is 0. The summed E-state index contributed by atoms with van der Waals surface area (Å²) in [7, 11) is 0. The molecule has 1 heterocycles. The van der Waals surface area contributed by atoms with Gasteiger partial charge in [-0.15, -0.1) is 0 Å². The Kier molecular flexibility index (Phi) is 11.0. The van der Waals surface area contributed by atoms with Crippen molar-refractivity contribution in [2.75, 3.05) is 6.61 Å². The van der Waals surface area contributed by atoms with E-state index >= 15 is 0 Å². The van der Waals surface area contributed by atoms with E-state index in [1.54, 1.807) is 0 Å². The molecule has 1 saturated heterocycles. The van der Waals surface area contributed by atoms with Crippen molar-refractivity contribution in [3.8, 4) is 0 Å². The number of carbonyl (C=O) groups excluding carboxylic acids is 3. The smallest absolute Gasteiger partial charge is 0.308 e. The number of aliphatic hydroxyl groups is 1. The number of hydrogen-bond acceptors (Lipinski definition) is 7. The van der Waals surface area contributed by atoms with Crippen LogP contribution < -0.4 is 5.32 Å². The first-order valence-electron chi connectivity index (χ1n) is 15.2. The third kappa shape index (κ3) is 8.29. The zero-order valence-corrected chi connectivity index (χ0v) is 24.3. The summed E-state index contributed by atoms with van der Waals surface area (Å²) in [6.07, 6.45) is 5.05. The first kappa shape index (κ1) is 30.5. The van der Waals surface area contributed by atoms with Crippen LogP contribution in [0.2, 0.25) is 0 Å². The molecule has 1 aliphatic heterocycles. The number of benzene rings is 1. The number of rotatable bonds is 11. The highest BCUT2D eigenvalue weighted by Gasteiger charge is 2.48. The summed E-state index contributed by atoms with van der Waals surface area (Å²) in [4.78, 5) is 37.4. The Bertz CT molecular complexity index is 985. The average molecular weight is 558 g/mol. The van der Waals surface area contributed by atoms with Crippen molar-refractivity contribution >= 4 is 17.8 Å². The molecule has 8 nitrogen and oxygen atoms in total. The number of cyclic esters (lactones) is 1. The van der Waals surface area contributed by atoms with Gasteiger partial charge in [0.05, 0.1) is 24.5 Å². The molecule has 1 amide bonds. The monoisotopic (exact) mass is 557 g/mol. The van der Waals surface area contributed by atoms with Crippen molar-refractivity contribution in [1.82, 2.24) is 5.32 Å². The van der Waals surface area contributed by atoms with Crippen LogP contribution in [-0.2, 0) is 35.1 Å². The molecular formula is C32H47NO7. The lowest BCUT2D eigenvalue weighted by Gasteiger charge is -2.50. The number of carbonyl (C=O) groups is 3. The van der Waals surface area contributed by atoms with E-state index in [0.717, 1.165) is 37.7 Å². The third-order valence-electron chi connectivity index (χ3n) is 9.37. The van der Waals surface area contributed by atoms with E-state index in [4.69, 9.17) is 14.2 Å². The van der Waals surface area contributed by atoms with Crippen LogP contribution in [0, 0.1) is 29.6 Å². The fourth-order valence-electron chi connectivity index (χ4n) is 6.95. The molecule has 0 bridgehead atoms. The van der Waals surface area contributed by atoms with Crippen LogP contribution in [0.15, 0.2) is 30.3 Å². The maximum atomic E-state index is 13.0. The lowest BCUT2D eigenvalue weighted by molar-refractivity contribution is -0.175. The first-order valence-corrected chi connectivity index (χ1v) is 15.2. The minimum absolute atomic E-state index is 0.0177. The van der Waals surface area contributed by atoms with Gasteiger partial charge in [-0.1, -0.05) is 57.5 Å². The van der Waals surface area contributed by atoms with Gasteiger partial charge < -0.3 is 24.6 Å². The maximum Gasteiger partial charge on any atom is 0.308 e. The predicted molar refractivity (Wildman–Crippen MR) is 150 cm³/mol. The fraction of sp³-hybridized carbons (Fsp3) is 0.719. The zero-order chi connectivity index (χ0) is 28.6. The molecule has 8 heteroatoms. The highest BCUT2D eigenvalue weighted by atomic mass is 16.6. The number of nitrogens with one attached hydrogen (secondary N) is 1. The molecule has 4 rings (SSSR count). The molecule has 1 aromatic rings. The number of fused-ring (bicyclic) bond motifs is 1. The molecule has 40 heavy (non-hydrogen) atoms. The second-order valence-corrected chi connectivity index (χ2v) is 12.3. The molecule has 2 saturated carbocycles. The van der Waals surface area contributed by atoms with E-state index < -0.39 is 6.10 Å². The van der Waals surface area contributed by atoms with E-state index in [2.05, 4.69) is 12.2 Å². The van der Waals surface area contributed by atoms with Gasteiger partial charge in [0.1, 0.15) is 18.8 Å². The van der Waals surface area contributed by atoms with Crippen LogP contribution in [0.1, 0.15) is 84.1 Å². The molecule has 2 N–H and O–H groups in total. The van der Waals surface area contributed by atoms with Crippen LogP contribution in [0.25, 0.3) is 0 Å². The summed E-state index contributed by atoms with van der Waals surface area (Å²) in [6, 6.07) is 9.78. The summed E-state index contributed by atoms with van der Waals surface area (Å²) in [5.41, 5.74) is 1.04. The van der Waals surface area contributed by atoms with Crippen LogP contribution in [0.5, 0.6) is 0 Å². The lowest BCUT2D eigenvalue weighted by Crippen LogP contribution is -2.50. The number of hydrogen-bond donors (Lipinski definition) is 2. The standard InChI is InChI=1S/C32H47NO7/c1-4-20(2)32(37)40-28-17-26(38-19-29(35)33-18-22-8-6-5-7-9-22)14-23-11-10-21(3)27(31(23)28)13-12-25-15-24(34)16-30(36)39-25/h5-9,20-21,23-28,31,34H,4,10-19H2,1-3H3,(H,33,35)/t20-,21+,23+,24-,25?,26-,27+,28+,31+/m1/s1. The van der Waals surface area contributed by atoms with Crippen molar-refractivity contribution in [3.63, 3.8) is 0 Å². The number of amides is 1. The highest BCUT2D eigenvalue weighted by molar-refractivity contribution is 5.77. The molecule has 0 aromatic heterocycles. The Morgan fingerprint density at radius 1 is 1.12 bits per heavy atom. The van der Waals surface area contributed by atoms with Gasteiger partial charge in [0.25, 0.3) is 0 Å². The van der Waals surface area contributed by atoms with Gasteiger partial charge in [-0.3, -0.25) is 14.4 Å². The number of ether oxygens (including phenoxy) is 3. The molecule has 0 spiro atoms. The largest absolute Gasteiger partial charge is 0.462 e. The molecule has 3 fully saturated rings. The summed E-state index contributed by atoms with van der Waals surface area (Å²) in [5, 5.41) is 13.0. The van der Waals surface area contributed by atoms with Gasteiger partial charge in [-0.25, -0.2) is 0 Å². The Labute approximate surface area is 238 Å². The van der Waals surface area contributed by atoms with Crippen molar-refractivity contribution in [1.29, 1.82) is 0 Å². The summed E-state index contributed by atoms with van der Waals surface area (Å²) in [6.45, 7) is 6.60. The van der Waals surface area contributed by atoms with E-state index in [1.807, 2.05) is 44.2 Å². The van der Waals surface area contributed by atoms with Gasteiger partial charge in [0.2, 0.25) is 5.91 Å². The highest BCUT2D eigenvalue weighted by Crippen LogP contribution is 2.50. The van der Waals surface area contributed by atoms with Crippen molar-refractivity contribution in [3.05, 3.63) is 35.9 Å². The quantitative estimate of drug-likeness (QED) is 0.384. The summed E-state index contributed by atoms with van der Waals surface area (Å²) in [5.74, 6) is 0.481. The van der Waals surface area contributed by atoms with Crippen LogP contribution in [0.3, 0.4) is 0 Å². The number of aliphatic hydroxyl groups excluding tert-OH is 1. The lowest BCUT2D eigenvalue weighted by atomic mass is 9.59. The molecule has 1 aromatic carbocycles. The third-order valence-corrected chi connectivity index (χ3v) is 9.37. The van der Waals surface area contributed by atoms with E-state index in [0.29, 0.717) is 43.6 Å². The maximum absolute atomic E-state index is 13.0. The second kappa shape index (κ2) is 14.4. The molecule has 2 aliphatic carbocycles. The van der Waals surface area contributed by atoms with Crippen LogP contribution >= 0.6 is 0 Å². The molecular weight excluding hydrogens is 510 g/mol. The van der Waals surface area contributed by atoms with E-state index in [1.165, 1.54) is 0 Å². The van der Waals surface area contributed by atoms with Gasteiger partial charge >= 0.3 is 11.9 Å².